The van der Waals surface area contributed by atoms with Gasteiger partial charge >= 0.3 is 0 Å². The van der Waals surface area contributed by atoms with E-state index >= 15 is 0 Å². The van der Waals surface area contributed by atoms with Crippen LogP contribution in [0.5, 0.6) is 0 Å². The summed E-state index contributed by atoms with van der Waals surface area (Å²) < 4.78 is 0. The fraction of sp³-hybridized carbons (Fsp3) is 0.125. The van der Waals surface area contributed by atoms with Crippen LogP contribution in [0.15, 0.2) is 41.4 Å². The number of benzene rings is 1. The van der Waals surface area contributed by atoms with E-state index in [-0.39, 0.29) is 11.7 Å². The highest BCUT2D eigenvalue weighted by Crippen LogP contribution is 2.21. The highest BCUT2D eigenvalue weighted by molar-refractivity contribution is 8.00. The van der Waals surface area contributed by atoms with E-state index in [0.717, 1.165) is 5.69 Å². The monoisotopic (exact) mass is 308 g/mol. The lowest BCUT2D eigenvalue weighted by Crippen LogP contribution is -2.15. The molecule has 0 saturated carbocycles. The minimum atomic E-state index is -0.250. The SMILES string of the molecule is Cc1ccc(C#N)c(SCC(=O)Nc2ccccc2C#N)n1. The maximum Gasteiger partial charge on any atom is 0.234 e. The lowest BCUT2D eigenvalue weighted by molar-refractivity contribution is -0.113. The molecule has 0 unspecified atom stereocenters. The summed E-state index contributed by atoms with van der Waals surface area (Å²) in [6.45, 7) is 1.83. The van der Waals surface area contributed by atoms with E-state index in [2.05, 4.69) is 16.4 Å². The van der Waals surface area contributed by atoms with Crippen molar-refractivity contribution in [2.45, 2.75) is 11.9 Å². The van der Waals surface area contributed by atoms with E-state index in [0.29, 0.717) is 21.8 Å². The normalized spacial score (nSPS) is 9.59. The highest BCUT2D eigenvalue weighted by atomic mass is 32.2. The predicted molar refractivity (Wildman–Crippen MR) is 84.2 cm³/mol. The number of amides is 1. The average Bonchev–Trinajstić information content (AvgIpc) is 2.53. The second-order valence-corrected chi connectivity index (χ2v) is 5.38. The summed E-state index contributed by atoms with van der Waals surface area (Å²) in [5, 5.41) is 21.2. The molecule has 1 heterocycles. The van der Waals surface area contributed by atoms with Crippen molar-refractivity contribution in [2.75, 3.05) is 11.1 Å². The number of rotatable bonds is 4. The molecule has 1 aromatic carbocycles. The molecule has 108 valence electrons. The van der Waals surface area contributed by atoms with Crippen LogP contribution in [-0.2, 0) is 4.79 Å². The summed E-state index contributed by atoms with van der Waals surface area (Å²) in [4.78, 5) is 16.3. The molecule has 0 bridgehead atoms. The van der Waals surface area contributed by atoms with E-state index in [4.69, 9.17) is 10.5 Å². The Kier molecular flexibility index (Phi) is 5.13. The Balaban J connectivity index is 2.04. The summed E-state index contributed by atoms with van der Waals surface area (Å²) in [6.07, 6.45) is 0. The number of aromatic nitrogens is 1. The van der Waals surface area contributed by atoms with Crippen LogP contribution in [0.4, 0.5) is 5.69 Å². The third-order valence-electron chi connectivity index (χ3n) is 2.78. The first-order valence-electron chi connectivity index (χ1n) is 6.43. The molecular formula is C16H12N4OS. The van der Waals surface area contributed by atoms with Crippen molar-refractivity contribution >= 4 is 23.4 Å². The van der Waals surface area contributed by atoms with Gasteiger partial charge in [-0.25, -0.2) is 4.98 Å². The van der Waals surface area contributed by atoms with Crippen LogP contribution < -0.4 is 5.32 Å². The van der Waals surface area contributed by atoms with Crippen molar-refractivity contribution in [2.24, 2.45) is 0 Å². The summed E-state index contributed by atoms with van der Waals surface area (Å²) in [5.41, 5.74) is 2.12. The van der Waals surface area contributed by atoms with E-state index in [1.807, 2.05) is 13.0 Å². The third-order valence-corrected chi connectivity index (χ3v) is 3.77. The van der Waals surface area contributed by atoms with E-state index in [9.17, 15) is 4.79 Å². The van der Waals surface area contributed by atoms with Crippen molar-refractivity contribution in [1.82, 2.24) is 4.98 Å². The van der Waals surface area contributed by atoms with Gasteiger partial charge in [0, 0.05) is 5.69 Å². The Morgan fingerprint density at radius 1 is 1.18 bits per heavy atom. The van der Waals surface area contributed by atoms with Crippen LogP contribution in [-0.4, -0.2) is 16.6 Å². The van der Waals surface area contributed by atoms with E-state index < -0.39 is 0 Å². The Bertz CT molecular complexity index is 789. The van der Waals surface area contributed by atoms with Crippen molar-refractivity contribution in [3.8, 4) is 12.1 Å². The van der Waals surface area contributed by atoms with Crippen molar-refractivity contribution in [1.29, 1.82) is 10.5 Å². The Morgan fingerprint density at radius 3 is 2.64 bits per heavy atom. The van der Waals surface area contributed by atoms with E-state index in [1.54, 1.807) is 36.4 Å². The summed E-state index contributed by atoms with van der Waals surface area (Å²) in [5.74, 6) is -0.134. The number of thioether (sulfide) groups is 1. The van der Waals surface area contributed by atoms with Gasteiger partial charge in [-0.05, 0) is 31.2 Å². The molecule has 1 aromatic heterocycles. The molecule has 0 aliphatic heterocycles. The molecule has 1 amide bonds. The molecule has 5 nitrogen and oxygen atoms in total. The predicted octanol–water partition coefficient (Wildman–Crippen LogP) is 2.86. The van der Waals surface area contributed by atoms with Crippen LogP contribution in [0.2, 0.25) is 0 Å². The largest absolute Gasteiger partial charge is 0.324 e. The standard InChI is InChI=1S/C16H12N4OS/c1-11-6-7-13(9-18)16(19-11)22-10-15(21)20-14-5-3-2-4-12(14)8-17/h2-7H,10H2,1H3,(H,20,21). The van der Waals surface area contributed by atoms with Gasteiger partial charge in [0.15, 0.2) is 0 Å². The molecule has 2 aromatic rings. The molecule has 0 aliphatic rings. The quantitative estimate of drug-likeness (QED) is 0.877. The second-order valence-electron chi connectivity index (χ2n) is 4.41. The van der Waals surface area contributed by atoms with Crippen molar-refractivity contribution in [3.05, 3.63) is 53.2 Å². The first kappa shape index (κ1) is 15.6. The Hall–Kier alpha value is -2.83. The number of carbonyl (C=O) groups excluding carboxylic acids is 1. The Labute approximate surface area is 132 Å². The molecule has 0 spiro atoms. The zero-order chi connectivity index (χ0) is 15.9. The molecule has 0 fully saturated rings. The molecule has 0 atom stereocenters. The third kappa shape index (κ3) is 3.85. The van der Waals surface area contributed by atoms with Gasteiger partial charge < -0.3 is 5.32 Å². The van der Waals surface area contributed by atoms with Gasteiger partial charge in [0.05, 0.1) is 22.6 Å². The fourth-order valence-corrected chi connectivity index (χ4v) is 2.56. The number of anilines is 1. The van der Waals surface area contributed by atoms with Crippen LogP contribution in [0.3, 0.4) is 0 Å². The molecule has 2 rings (SSSR count). The number of nitrogens with zero attached hydrogens (tertiary/aromatic N) is 3. The lowest BCUT2D eigenvalue weighted by atomic mass is 10.2. The van der Waals surface area contributed by atoms with Crippen molar-refractivity contribution in [3.63, 3.8) is 0 Å². The fourth-order valence-electron chi connectivity index (χ4n) is 1.74. The molecule has 0 saturated heterocycles. The smallest absolute Gasteiger partial charge is 0.234 e. The van der Waals surface area contributed by atoms with Gasteiger partial charge in [0.2, 0.25) is 5.91 Å². The minimum Gasteiger partial charge on any atom is -0.324 e. The number of carbonyl (C=O) groups is 1. The molecule has 22 heavy (non-hydrogen) atoms. The summed E-state index contributed by atoms with van der Waals surface area (Å²) in [6, 6.07) is 14.3. The van der Waals surface area contributed by atoms with Gasteiger partial charge in [-0.3, -0.25) is 4.79 Å². The van der Waals surface area contributed by atoms with Crippen LogP contribution >= 0.6 is 11.8 Å². The number of nitriles is 2. The first-order chi connectivity index (χ1) is 10.6. The van der Waals surface area contributed by atoms with Gasteiger partial charge in [0.25, 0.3) is 0 Å². The lowest BCUT2D eigenvalue weighted by Gasteiger charge is -2.07. The molecule has 6 heteroatoms. The second kappa shape index (κ2) is 7.26. The number of hydrogen-bond acceptors (Lipinski definition) is 5. The van der Waals surface area contributed by atoms with E-state index in [1.165, 1.54) is 11.8 Å². The summed E-state index contributed by atoms with van der Waals surface area (Å²) in [7, 11) is 0. The zero-order valence-corrected chi connectivity index (χ0v) is 12.6. The van der Waals surface area contributed by atoms with Gasteiger partial charge in [-0.15, -0.1) is 0 Å². The molecule has 0 aliphatic carbocycles. The number of pyridine rings is 1. The maximum atomic E-state index is 12.0. The number of aryl methyl sites for hydroxylation is 1. The summed E-state index contributed by atoms with van der Waals surface area (Å²) >= 11 is 1.20. The minimum absolute atomic E-state index is 0.116. The maximum absolute atomic E-state index is 12.0. The van der Waals surface area contributed by atoms with Gasteiger partial charge in [0.1, 0.15) is 17.2 Å². The number of hydrogen-bond donors (Lipinski definition) is 1. The van der Waals surface area contributed by atoms with Crippen LogP contribution in [0.1, 0.15) is 16.8 Å². The van der Waals surface area contributed by atoms with Crippen molar-refractivity contribution < 1.29 is 4.79 Å². The number of nitrogens with one attached hydrogen (secondary N) is 1. The van der Waals surface area contributed by atoms with Crippen LogP contribution in [0, 0.1) is 29.6 Å². The van der Waals surface area contributed by atoms with Crippen LogP contribution in [0.25, 0.3) is 0 Å². The number of para-hydroxylation sites is 1. The van der Waals surface area contributed by atoms with Gasteiger partial charge in [-0.1, -0.05) is 23.9 Å². The first-order valence-corrected chi connectivity index (χ1v) is 7.42. The Morgan fingerprint density at radius 2 is 1.91 bits per heavy atom. The molecule has 0 radical (unpaired) electrons. The molecular weight excluding hydrogens is 296 g/mol. The highest BCUT2D eigenvalue weighted by Gasteiger charge is 2.10. The zero-order valence-electron chi connectivity index (χ0n) is 11.8. The average molecular weight is 308 g/mol. The topological polar surface area (TPSA) is 89.6 Å². The van der Waals surface area contributed by atoms with Gasteiger partial charge in [-0.2, -0.15) is 10.5 Å². The molecule has 1 N–H and O–H groups in total.